The standard InChI is InChI=1S/C16H16ClN3O/c1-2-20-15(10-21-12-8-6-11(18)7-9-12)19-14-5-3-4-13(17)16(14)20/h3-9H,2,10,18H2,1H3. The number of imidazole rings is 1. The molecular formula is C16H16ClN3O. The summed E-state index contributed by atoms with van der Waals surface area (Å²) in [5.41, 5.74) is 8.22. The molecule has 0 unspecified atom stereocenters. The fraction of sp³-hybridized carbons (Fsp3) is 0.188. The molecule has 0 aliphatic heterocycles. The van der Waals surface area contributed by atoms with Crippen molar-refractivity contribution in [1.29, 1.82) is 0 Å². The Morgan fingerprint density at radius 2 is 1.95 bits per heavy atom. The topological polar surface area (TPSA) is 53.1 Å². The van der Waals surface area contributed by atoms with Crippen LogP contribution < -0.4 is 10.5 Å². The van der Waals surface area contributed by atoms with Crippen LogP contribution in [0.4, 0.5) is 5.69 Å². The number of nitrogens with two attached hydrogens (primary N) is 1. The van der Waals surface area contributed by atoms with Crippen molar-refractivity contribution in [2.75, 3.05) is 5.73 Å². The summed E-state index contributed by atoms with van der Waals surface area (Å²) >= 11 is 6.27. The van der Waals surface area contributed by atoms with Gasteiger partial charge in [0.15, 0.2) is 0 Å². The van der Waals surface area contributed by atoms with Crippen molar-refractivity contribution in [3.8, 4) is 5.75 Å². The molecule has 3 rings (SSSR count). The molecule has 5 heteroatoms. The first kappa shape index (κ1) is 13.8. The molecule has 3 aromatic rings. The molecule has 0 bridgehead atoms. The first-order chi connectivity index (χ1) is 10.2. The predicted molar refractivity (Wildman–Crippen MR) is 85.6 cm³/mol. The highest BCUT2D eigenvalue weighted by Gasteiger charge is 2.12. The minimum atomic E-state index is 0.392. The summed E-state index contributed by atoms with van der Waals surface area (Å²) in [4.78, 5) is 4.61. The van der Waals surface area contributed by atoms with E-state index in [9.17, 15) is 0 Å². The van der Waals surface area contributed by atoms with Gasteiger partial charge in [0.1, 0.15) is 18.2 Å². The number of fused-ring (bicyclic) bond motifs is 1. The number of benzene rings is 2. The number of para-hydroxylation sites is 1. The van der Waals surface area contributed by atoms with Gasteiger partial charge in [-0.2, -0.15) is 0 Å². The van der Waals surface area contributed by atoms with Crippen molar-refractivity contribution < 1.29 is 4.74 Å². The number of nitrogens with zero attached hydrogens (tertiary/aromatic N) is 2. The van der Waals surface area contributed by atoms with Crippen molar-refractivity contribution >= 4 is 28.3 Å². The number of hydrogen-bond acceptors (Lipinski definition) is 3. The molecule has 21 heavy (non-hydrogen) atoms. The smallest absolute Gasteiger partial charge is 0.148 e. The van der Waals surface area contributed by atoms with E-state index >= 15 is 0 Å². The van der Waals surface area contributed by atoms with Crippen molar-refractivity contribution in [2.45, 2.75) is 20.1 Å². The highest BCUT2D eigenvalue weighted by atomic mass is 35.5. The van der Waals surface area contributed by atoms with Crippen LogP contribution in [0.15, 0.2) is 42.5 Å². The third kappa shape index (κ3) is 2.67. The number of hydrogen-bond donors (Lipinski definition) is 1. The molecule has 0 atom stereocenters. The van der Waals surface area contributed by atoms with Crippen molar-refractivity contribution in [2.24, 2.45) is 0 Å². The molecule has 0 aliphatic rings. The number of anilines is 1. The van der Waals surface area contributed by atoms with Crippen LogP contribution in [0.25, 0.3) is 11.0 Å². The molecule has 0 amide bonds. The Hall–Kier alpha value is -2.20. The maximum absolute atomic E-state index is 6.27. The van der Waals surface area contributed by atoms with Crippen LogP contribution >= 0.6 is 11.6 Å². The van der Waals surface area contributed by atoms with Gasteiger partial charge in [0.2, 0.25) is 0 Å². The van der Waals surface area contributed by atoms with Gasteiger partial charge in [0.25, 0.3) is 0 Å². The molecule has 2 aromatic carbocycles. The fourth-order valence-corrected chi connectivity index (χ4v) is 2.62. The molecular weight excluding hydrogens is 286 g/mol. The van der Waals surface area contributed by atoms with Crippen LogP contribution in [-0.4, -0.2) is 9.55 Å². The zero-order chi connectivity index (χ0) is 14.8. The van der Waals surface area contributed by atoms with Crippen LogP contribution in [0, 0.1) is 0 Å². The summed E-state index contributed by atoms with van der Waals surface area (Å²) in [5, 5.41) is 0.709. The quantitative estimate of drug-likeness (QED) is 0.744. The maximum atomic E-state index is 6.27. The summed E-state index contributed by atoms with van der Waals surface area (Å²) in [6, 6.07) is 13.1. The van der Waals surface area contributed by atoms with E-state index < -0.39 is 0 Å². The van der Waals surface area contributed by atoms with Gasteiger partial charge in [0.05, 0.1) is 16.1 Å². The Morgan fingerprint density at radius 1 is 1.19 bits per heavy atom. The van der Waals surface area contributed by atoms with Crippen LogP contribution in [0.2, 0.25) is 5.02 Å². The van der Waals surface area contributed by atoms with Gasteiger partial charge in [-0.15, -0.1) is 0 Å². The molecule has 4 nitrogen and oxygen atoms in total. The van der Waals surface area contributed by atoms with Crippen LogP contribution in [0.5, 0.6) is 5.75 Å². The second-order valence-corrected chi connectivity index (χ2v) is 5.14. The zero-order valence-corrected chi connectivity index (χ0v) is 12.5. The predicted octanol–water partition coefficient (Wildman–Crippen LogP) is 3.87. The molecule has 0 saturated heterocycles. The van der Waals surface area contributed by atoms with E-state index in [-0.39, 0.29) is 0 Å². The van der Waals surface area contributed by atoms with Crippen molar-refractivity contribution in [3.05, 3.63) is 53.3 Å². The van der Waals surface area contributed by atoms with E-state index in [2.05, 4.69) is 16.5 Å². The molecule has 108 valence electrons. The van der Waals surface area contributed by atoms with Gasteiger partial charge in [-0.1, -0.05) is 17.7 Å². The van der Waals surface area contributed by atoms with Crippen molar-refractivity contribution in [1.82, 2.24) is 9.55 Å². The van der Waals surface area contributed by atoms with E-state index in [4.69, 9.17) is 22.1 Å². The van der Waals surface area contributed by atoms with E-state index in [0.29, 0.717) is 11.6 Å². The summed E-state index contributed by atoms with van der Waals surface area (Å²) in [7, 11) is 0. The zero-order valence-electron chi connectivity index (χ0n) is 11.7. The average Bonchev–Trinajstić information content (AvgIpc) is 2.85. The lowest BCUT2D eigenvalue weighted by Crippen LogP contribution is -2.06. The average molecular weight is 302 g/mol. The molecule has 1 aromatic heterocycles. The van der Waals surface area contributed by atoms with Crippen LogP contribution in [-0.2, 0) is 13.2 Å². The number of aryl methyl sites for hydroxylation is 1. The maximum Gasteiger partial charge on any atom is 0.148 e. The molecule has 1 heterocycles. The van der Waals surface area contributed by atoms with Gasteiger partial charge >= 0.3 is 0 Å². The van der Waals surface area contributed by atoms with Crippen molar-refractivity contribution in [3.63, 3.8) is 0 Å². The monoisotopic (exact) mass is 301 g/mol. The normalized spacial score (nSPS) is 11.0. The minimum absolute atomic E-state index is 0.392. The highest BCUT2D eigenvalue weighted by molar-refractivity contribution is 6.35. The third-order valence-corrected chi connectivity index (χ3v) is 3.67. The summed E-state index contributed by atoms with van der Waals surface area (Å²) in [6.45, 7) is 3.25. The van der Waals surface area contributed by atoms with E-state index in [0.717, 1.165) is 34.8 Å². The lowest BCUT2D eigenvalue weighted by atomic mass is 10.3. The van der Waals surface area contributed by atoms with Gasteiger partial charge < -0.3 is 15.0 Å². The molecule has 0 aliphatic carbocycles. The second-order valence-electron chi connectivity index (χ2n) is 4.74. The minimum Gasteiger partial charge on any atom is -0.486 e. The lowest BCUT2D eigenvalue weighted by molar-refractivity contribution is 0.291. The summed E-state index contributed by atoms with van der Waals surface area (Å²) < 4.78 is 7.86. The van der Waals surface area contributed by atoms with E-state index in [1.807, 2.05) is 42.5 Å². The van der Waals surface area contributed by atoms with Crippen LogP contribution in [0.3, 0.4) is 0 Å². The van der Waals surface area contributed by atoms with E-state index in [1.54, 1.807) is 0 Å². The van der Waals surface area contributed by atoms with Gasteiger partial charge in [-0.05, 0) is 43.3 Å². The first-order valence-electron chi connectivity index (χ1n) is 6.81. The Bertz CT molecular complexity index is 765. The highest BCUT2D eigenvalue weighted by Crippen LogP contribution is 2.25. The molecule has 0 fully saturated rings. The molecule has 0 radical (unpaired) electrons. The molecule has 2 N–H and O–H groups in total. The summed E-state index contributed by atoms with van der Waals surface area (Å²) in [5.74, 6) is 1.63. The number of rotatable bonds is 4. The molecule has 0 spiro atoms. The lowest BCUT2D eigenvalue weighted by Gasteiger charge is -2.09. The Kier molecular flexibility index (Phi) is 3.71. The number of ether oxygens (including phenoxy) is 1. The Balaban J connectivity index is 1.90. The largest absolute Gasteiger partial charge is 0.486 e. The Morgan fingerprint density at radius 3 is 2.67 bits per heavy atom. The van der Waals surface area contributed by atoms with Gasteiger partial charge in [-0.3, -0.25) is 0 Å². The number of halogens is 1. The van der Waals surface area contributed by atoms with E-state index in [1.165, 1.54) is 0 Å². The third-order valence-electron chi connectivity index (χ3n) is 3.36. The fourth-order valence-electron chi connectivity index (χ4n) is 2.35. The second kappa shape index (κ2) is 5.66. The summed E-state index contributed by atoms with van der Waals surface area (Å²) in [6.07, 6.45) is 0. The number of nitrogen functional groups attached to an aromatic ring is 1. The van der Waals surface area contributed by atoms with Gasteiger partial charge in [-0.25, -0.2) is 4.98 Å². The van der Waals surface area contributed by atoms with Crippen LogP contribution in [0.1, 0.15) is 12.7 Å². The Labute approximate surface area is 128 Å². The number of aromatic nitrogens is 2. The first-order valence-corrected chi connectivity index (χ1v) is 7.19. The SMILES string of the molecule is CCn1c(COc2ccc(N)cc2)nc2cccc(Cl)c21. The van der Waals surface area contributed by atoms with Gasteiger partial charge in [0, 0.05) is 12.2 Å². The molecule has 0 saturated carbocycles.